The van der Waals surface area contributed by atoms with Crippen molar-refractivity contribution >= 4 is 46.9 Å². The molecular formula is C21H16N2O3S2. The monoisotopic (exact) mass is 408 g/mol. The van der Waals surface area contributed by atoms with Gasteiger partial charge in [0.2, 0.25) is 17.7 Å². The normalized spacial score (nSPS) is 35.6. The van der Waals surface area contributed by atoms with E-state index in [1.807, 2.05) is 53.4 Å². The summed E-state index contributed by atoms with van der Waals surface area (Å²) in [6, 6.07) is 18.6. The van der Waals surface area contributed by atoms with E-state index < -0.39 is 20.8 Å². The molecule has 2 aromatic carbocycles. The Bertz CT molecular complexity index is 1030. The van der Waals surface area contributed by atoms with E-state index in [2.05, 4.69) is 0 Å². The Morgan fingerprint density at radius 3 is 2.21 bits per heavy atom. The van der Waals surface area contributed by atoms with Crippen LogP contribution in [0.15, 0.2) is 60.7 Å². The second kappa shape index (κ2) is 5.42. The maximum absolute atomic E-state index is 13.6. The summed E-state index contributed by atoms with van der Waals surface area (Å²) < 4.78 is -1.69. The predicted molar refractivity (Wildman–Crippen MR) is 109 cm³/mol. The maximum atomic E-state index is 13.6. The molecule has 4 aliphatic rings. The molecule has 2 aromatic rings. The van der Waals surface area contributed by atoms with E-state index in [1.165, 1.54) is 16.7 Å². The van der Waals surface area contributed by atoms with Crippen molar-refractivity contribution in [3.63, 3.8) is 0 Å². The number of thioether (sulfide) groups is 2. The summed E-state index contributed by atoms with van der Waals surface area (Å²) in [4.78, 5) is 43.9. The summed E-state index contributed by atoms with van der Waals surface area (Å²) >= 11 is 3.17. The number of hydrogen-bond donors (Lipinski definition) is 0. The molecule has 1 spiro atoms. The lowest BCUT2D eigenvalue weighted by Crippen LogP contribution is -2.55. The number of nitrogens with zero attached hydrogens (tertiary/aromatic N) is 2. The van der Waals surface area contributed by atoms with Crippen molar-refractivity contribution in [2.24, 2.45) is 11.8 Å². The fourth-order valence-electron chi connectivity index (χ4n) is 5.16. The van der Waals surface area contributed by atoms with Crippen LogP contribution in [0.2, 0.25) is 0 Å². The minimum atomic E-state index is -1.02. The van der Waals surface area contributed by atoms with Crippen molar-refractivity contribution in [2.75, 3.05) is 17.2 Å². The van der Waals surface area contributed by atoms with Gasteiger partial charge in [0.05, 0.1) is 17.5 Å². The molecule has 28 heavy (non-hydrogen) atoms. The summed E-state index contributed by atoms with van der Waals surface area (Å²) in [5.74, 6) is -0.850. The first-order valence-corrected chi connectivity index (χ1v) is 11.1. The highest BCUT2D eigenvalue weighted by atomic mass is 32.2. The molecule has 6 rings (SSSR count). The number of carbonyl (C=O) groups is 3. The van der Waals surface area contributed by atoms with Gasteiger partial charge in [-0.3, -0.25) is 14.4 Å². The molecule has 7 heteroatoms. The van der Waals surface area contributed by atoms with Gasteiger partial charge in [-0.05, 0) is 17.7 Å². The van der Waals surface area contributed by atoms with Gasteiger partial charge in [0, 0.05) is 12.3 Å². The molecule has 4 atom stereocenters. The Morgan fingerprint density at radius 1 is 0.857 bits per heavy atom. The van der Waals surface area contributed by atoms with E-state index in [1.54, 1.807) is 23.9 Å². The summed E-state index contributed by atoms with van der Waals surface area (Å²) in [6.45, 7) is 0.626. The first-order chi connectivity index (χ1) is 13.6. The minimum absolute atomic E-state index is 0.0222. The molecule has 0 aliphatic carbocycles. The summed E-state index contributed by atoms with van der Waals surface area (Å²) in [6.07, 6.45) is 0. The molecule has 0 unspecified atom stereocenters. The molecule has 5 nitrogen and oxygen atoms in total. The maximum Gasteiger partial charge on any atom is 0.246 e. The first kappa shape index (κ1) is 16.7. The number of anilines is 1. The Kier molecular flexibility index (Phi) is 3.23. The van der Waals surface area contributed by atoms with Crippen molar-refractivity contribution in [3.8, 4) is 0 Å². The molecule has 4 heterocycles. The SMILES string of the molecule is O=C1[C@@H]2[C@H](C(=O)N1c1ccccc1)[C@@]13SCCN1C(=O)[C@]2(c1ccccc1)S3. The van der Waals surface area contributed by atoms with Gasteiger partial charge in [0.1, 0.15) is 8.95 Å². The van der Waals surface area contributed by atoms with Crippen LogP contribution in [0.4, 0.5) is 5.69 Å². The average Bonchev–Trinajstić information content (AvgIpc) is 3.41. The molecule has 4 aliphatic heterocycles. The Labute approximate surface area is 170 Å². The third-order valence-corrected chi connectivity index (χ3v) is 9.86. The van der Waals surface area contributed by atoms with Gasteiger partial charge in [0.15, 0.2) is 0 Å². The lowest BCUT2D eigenvalue weighted by molar-refractivity contribution is -0.144. The third kappa shape index (κ3) is 1.71. The van der Waals surface area contributed by atoms with Gasteiger partial charge in [0.25, 0.3) is 0 Å². The highest BCUT2D eigenvalue weighted by molar-refractivity contribution is 8.19. The number of carbonyl (C=O) groups excluding carboxylic acids is 3. The average molecular weight is 409 g/mol. The molecule has 0 aromatic heterocycles. The number of hydrogen-bond acceptors (Lipinski definition) is 5. The van der Waals surface area contributed by atoms with Crippen molar-refractivity contribution in [1.29, 1.82) is 0 Å². The van der Waals surface area contributed by atoms with E-state index >= 15 is 0 Å². The van der Waals surface area contributed by atoms with E-state index in [0.717, 1.165) is 11.3 Å². The largest absolute Gasteiger partial charge is 0.316 e. The number of rotatable bonds is 2. The smallest absolute Gasteiger partial charge is 0.246 e. The van der Waals surface area contributed by atoms with E-state index in [-0.39, 0.29) is 17.7 Å². The lowest BCUT2D eigenvalue weighted by Gasteiger charge is -2.37. The molecule has 140 valence electrons. The fourth-order valence-corrected chi connectivity index (χ4v) is 9.28. The van der Waals surface area contributed by atoms with Crippen LogP contribution in [-0.2, 0) is 19.1 Å². The second-order valence-electron chi connectivity index (χ2n) is 7.44. The Balaban J connectivity index is 1.58. The number of benzene rings is 2. The molecule has 2 bridgehead atoms. The topological polar surface area (TPSA) is 57.7 Å². The van der Waals surface area contributed by atoms with Crippen LogP contribution in [0.1, 0.15) is 5.56 Å². The van der Waals surface area contributed by atoms with Crippen molar-refractivity contribution in [3.05, 3.63) is 66.2 Å². The third-order valence-electron chi connectivity index (χ3n) is 6.22. The summed E-state index contributed by atoms with van der Waals surface area (Å²) in [7, 11) is 0. The lowest BCUT2D eigenvalue weighted by atomic mass is 9.74. The first-order valence-electron chi connectivity index (χ1n) is 9.26. The molecule has 3 amide bonds. The fraction of sp³-hybridized carbons (Fsp3) is 0.286. The number of amides is 3. The zero-order valence-electron chi connectivity index (χ0n) is 14.8. The number of fused-ring (bicyclic) bond motifs is 3. The molecule has 0 radical (unpaired) electrons. The van der Waals surface area contributed by atoms with E-state index in [4.69, 9.17) is 0 Å². The molecule has 0 N–H and O–H groups in total. The second-order valence-corrected chi connectivity index (χ2v) is 10.5. The van der Waals surface area contributed by atoms with Gasteiger partial charge in [-0.25, -0.2) is 4.90 Å². The zero-order valence-corrected chi connectivity index (χ0v) is 16.4. The standard InChI is InChI=1S/C21H16N2O3S2/c24-17-15-16(18(25)23(17)14-9-5-2-6-10-14)21-22(11-12-27-21)19(26)20(15,28-21)13-7-3-1-4-8-13/h1-10,15-16H,11-12H2/t15-,16+,20+,21-/m0/s1. The van der Waals surface area contributed by atoms with Crippen LogP contribution in [-0.4, -0.2) is 39.1 Å². The number of imide groups is 1. The van der Waals surface area contributed by atoms with Gasteiger partial charge in [-0.2, -0.15) is 0 Å². The Morgan fingerprint density at radius 2 is 1.50 bits per heavy atom. The van der Waals surface area contributed by atoms with Crippen LogP contribution in [0.5, 0.6) is 0 Å². The van der Waals surface area contributed by atoms with Gasteiger partial charge in [-0.15, -0.1) is 11.8 Å². The van der Waals surface area contributed by atoms with Gasteiger partial charge >= 0.3 is 0 Å². The summed E-state index contributed by atoms with van der Waals surface area (Å²) in [5, 5.41) is 0. The zero-order chi connectivity index (χ0) is 19.1. The van der Waals surface area contributed by atoms with E-state index in [9.17, 15) is 14.4 Å². The minimum Gasteiger partial charge on any atom is -0.316 e. The predicted octanol–water partition coefficient (Wildman–Crippen LogP) is 2.68. The Hall–Kier alpha value is -2.25. The van der Waals surface area contributed by atoms with Crippen molar-refractivity contribution < 1.29 is 14.4 Å². The van der Waals surface area contributed by atoms with Crippen LogP contribution in [0.25, 0.3) is 0 Å². The molecular weight excluding hydrogens is 392 g/mol. The quantitative estimate of drug-likeness (QED) is 0.715. The number of para-hydroxylation sites is 1. The van der Waals surface area contributed by atoms with Gasteiger partial charge < -0.3 is 4.90 Å². The molecule has 4 fully saturated rings. The van der Waals surface area contributed by atoms with Crippen LogP contribution in [0, 0.1) is 11.8 Å². The summed E-state index contributed by atoms with van der Waals surface area (Å²) in [5.41, 5.74) is 1.40. The van der Waals surface area contributed by atoms with Crippen molar-refractivity contribution in [1.82, 2.24) is 4.90 Å². The number of piperidine rings is 1. The highest BCUT2D eigenvalue weighted by Gasteiger charge is 2.83. The highest BCUT2D eigenvalue weighted by Crippen LogP contribution is 2.76. The van der Waals surface area contributed by atoms with E-state index in [0.29, 0.717) is 12.2 Å². The van der Waals surface area contributed by atoms with Crippen molar-refractivity contribution in [2.45, 2.75) is 8.95 Å². The van der Waals surface area contributed by atoms with Gasteiger partial charge in [-0.1, -0.05) is 60.3 Å². The van der Waals surface area contributed by atoms with Crippen LogP contribution in [0.3, 0.4) is 0 Å². The van der Waals surface area contributed by atoms with Crippen LogP contribution < -0.4 is 4.90 Å². The van der Waals surface area contributed by atoms with Crippen LogP contribution >= 0.6 is 23.5 Å². The molecule has 4 saturated heterocycles. The molecule has 0 saturated carbocycles.